The van der Waals surface area contributed by atoms with E-state index in [1.807, 2.05) is 45.9 Å². The van der Waals surface area contributed by atoms with Crippen molar-refractivity contribution in [2.45, 2.75) is 65.0 Å². The first kappa shape index (κ1) is 20.1. The number of amides is 1. The van der Waals surface area contributed by atoms with E-state index < -0.39 is 5.60 Å². The van der Waals surface area contributed by atoms with E-state index in [-0.39, 0.29) is 31.1 Å². The van der Waals surface area contributed by atoms with E-state index in [1.165, 1.54) is 0 Å². The third-order valence-electron chi connectivity index (χ3n) is 4.21. The highest BCUT2D eigenvalue weighted by molar-refractivity contribution is 5.77. The Bertz CT molecular complexity index is 650. The summed E-state index contributed by atoms with van der Waals surface area (Å²) in [6, 6.07) is 5.89. The smallest absolute Gasteiger partial charge is 0.306 e. The third kappa shape index (κ3) is 5.93. The second-order valence-corrected chi connectivity index (χ2v) is 7.69. The zero-order valence-corrected chi connectivity index (χ0v) is 16.3. The summed E-state index contributed by atoms with van der Waals surface area (Å²) in [6.45, 7) is 7.77. The third-order valence-corrected chi connectivity index (χ3v) is 4.21. The average Bonchev–Trinajstić information content (AvgIpc) is 2.99. The molecule has 0 saturated heterocycles. The number of carbonyl (C=O) groups is 2. The highest BCUT2D eigenvalue weighted by atomic mass is 16.7. The summed E-state index contributed by atoms with van der Waals surface area (Å²) in [4.78, 5) is 25.8. The van der Waals surface area contributed by atoms with Crippen LogP contribution in [0.4, 0.5) is 0 Å². The SMILES string of the molecule is CC(Cc1ccc2c(c1)OCO2)N(C)C(=O)CCCC(=O)OC(C)(C)C. The molecule has 26 heavy (non-hydrogen) atoms. The topological polar surface area (TPSA) is 65.1 Å². The Hall–Kier alpha value is -2.24. The average molecular weight is 363 g/mol. The van der Waals surface area contributed by atoms with Gasteiger partial charge in [0.05, 0.1) is 0 Å². The molecule has 1 aromatic carbocycles. The maximum absolute atomic E-state index is 12.4. The highest BCUT2D eigenvalue weighted by Gasteiger charge is 2.20. The van der Waals surface area contributed by atoms with Crippen molar-refractivity contribution in [2.24, 2.45) is 0 Å². The number of benzene rings is 1. The highest BCUT2D eigenvalue weighted by Crippen LogP contribution is 2.33. The van der Waals surface area contributed by atoms with Crippen LogP contribution in [0.5, 0.6) is 11.5 Å². The van der Waals surface area contributed by atoms with Gasteiger partial charge in [-0.2, -0.15) is 0 Å². The summed E-state index contributed by atoms with van der Waals surface area (Å²) in [5, 5.41) is 0. The van der Waals surface area contributed by atoms with Crippen molar-refractivity contribution in [1.29, 1.82) is 0 Å². The van der Waals surface area contributed by atoms with Gasteiger partial charge in [-0.15, -0.1) is 0 Å². The van der Waals surface area contributed by atoms with Crippen LogP contribution in [0.3, 0.4) is 0 Å². The van der Waals surface area contributed by atoms with E-state index in [9.17, 15) is 9.59 Å². The fourth-order valence-electron chi connectivity index (χ4n) is 2.74. The second-order valence-electron chi connectivity index (χ2n) is 7.69. The van der Waals surface area contributed by atoms with E-state index in [1.54, 1.807) is 11.9 Å². The second kappa shape index (κ2) is 8.43. The van der Waals surface area contributed by atoms with E-state index >= 15 is 0 Å². The molecule has 1 atom stereocenters. The van der Waals surface area contributed by atoms with Crippen LogP contribution in [-0.2, 0) is 20.7 Å². The molecule has 0 saturated carbocycles. The molecule has 6 heteroatoms. The number of fused-ring (bicyclic) bond motifs is 1. The fraction of sp³-hybridized carbons (Fsp3) is 0.600. The van der Waals surface area contributed by atoms with Gasteiger partial charge in [0.2, 0.25) is 12.7 Å². The largest absolute Gasteiger partial charge is 0.460 e. The summed E-state index contributed by atoms with van der Waals surface area (Å²) < 4.78 is 16.0. The van der Waals surface area contributed by atoms with Crippen molar-refractivity contribution < 1.29 is 23.8 Å². The van der Waals surface area contributed by atoms with E-state index in [2.05, 4.69) is 0 Å². The Morgan fingerprint density at radius 2 is 1.88 bits per heavy atom. The molecule has 6 nitrogen and oxygen atoms in total. The Labute approximate surface area is 155 Å². The minimum absolute atomic E-state index is 0.0294. The zero-order chi connectivity index (χ0) is 19.3. The molecule has 1 amide bonds. The molecule has 0 aliphatic carbocycles. The Morgan fingerprint density at radius 1 is 1.19 bits per heavy atom. The van der Waals surface area contributed by atoms with Crippen LogP contribution in [0.25, 0.3) is 0 Å². The van der Waals surface area contributed by atoms with E-state index in [4.69, 9.17) is 14.2 Å². The van der Waals surface area contributed by atoms with Crippen molar-refractivity contribution >= 4 is 11.9 Å². The van der Waals surface area contributed by atoms with Crippen molar-refractivity contribution in [2.75, 3.05) is 13.8 Å². The van der Waals surface area contributed by atoms with Crippen LogP contribution in [0.15, 0.2) is 18.2 Å². The lowest BCUT2D eigenvalue weighted by Crippen LogP contribution is -2.36. The zero-order valence-electron chi connectivity index (χ0n) is 16.3. The van der Waals surface area contributed by atoms with Crippen LogP contribution in [0, 0.1) is 0 Å². The molecule has 1 aliphatic heterocycles. The minimum atomic E-state index is -0.489. The number of hydrogen-bond acceptors (Lipinski definition) is 5. The van der Waals surface area contributed by atoms with Gasteiger partial charge in [0.15, 0.2) is 11.5 Å². The van der Waals surface area contributed by atoms with Crippen LogP contribution in [0.1, 0.15) is 52.5 Å². The van der Waals surface area contributed by atoms with Crippen LogP contribution >= 0.6 is 0 Å². The van der Waals surface area contributed by atoms with Gasteiger partial charge in [-0.1, -0.05) is 6.07 Å². The summed E-state index contributed by atoms with van der Waals surface area (Å²) in [5.74, 6) is 1.28. The summed E-state index contributed by atoms with van der Waals surface area (Å²) in [6.07, 6.45) is 1.81. The van der Waals surface area contributed by atoms with Gasteiger partial charge in [0, 0.05) is 25.9 Å². The predicted molar refractivity (Wildman–Crippen MR) is 98.2 cm³/mol. The Balaban J connectivity index is 1.77. The first-order valence-corrected chi connectivity index (χ1v) is 9.02. The lowest BCUT2D eigenvalue weighted by atomic mass is 10.0. The number of carbonyl (C=O) groups excluding carboxylic acids is 2. The molecule has 1 heterocycles. The van der Waals surface area contributed by atoms with Gasteiger partial charge in [0.1, 0.15) is 5.60 Å². The molecule has 0 radical (unpaired) electrons. The number of nitrogens with zero attached hydrogens (tertiary/aromatic N) is 1. The van der Waals surface area contributed by atoms with E-state index in [0.717, 1.165) is 23.5 Å². The number of esters is 1. The maximum atomic E-state index is 12.4. The van der Waals surface area contributed by atoms with Gasteiger partial charge >= 0.3 is 5.97 Å². The first-order valence-electron chi connectivity index (χ1n) is 9.02. The predicted octanol–water partition coefficient (Wildman–Crippen LogP) is 3.32. The van der Waals surface area contributed by atoms with Gasteiger partial charge in [-0.05, 0) is 58.2 Å². The monoisotopic (exact) mass is 363 g/mol. The molecule has 144 valence electrons. The lowest BCUT2D eigenvalue weighted by molar-refractivity contribution is -0.154. The van der Waals surface area contributed by atoms with Crippen LogP contribution < -0.4 is 9.47 Å². The number of ether oxygens (including phenoxy) is 3. The molecule has 0 bridgehead atoms. The normalized spacial score (nSPS) is 14.0. The first-order chi connectivity index (χ1) is 12.2. The maximum Gasteiger partial charge on any atom is 0.306 e. The van der Waals surface area contributed by atoms with Gasteiger partial charge in [0.25, 0.3) is 0 Å². The summed E-state index contributed by atoms with van der Waals surface area (Å²) in [7, 11) is 1.80. The standard InChI is InChI=1S/C20H29NO5/c1-14(11-15-9-10-16-17(12-15)25-13-24-16)21(5)18(22)7-6-8-19(23)26-20(2,3)4/h9-10,12,14H,6-8,11,13H2,1-5H3. The molecule has 1 aromatic rings. The van der Waals surface area contributed by atoms with Gasteiger partial charge < -0.3 is 19.1 Å². The molecule has 1 aliphatic rings. The summed E-state index contributed by atoms with van der Waals surface area (Å²) >= 11 is 0. The molecule has 0 spiro atoms. The van der Waals surface area contributed by atoms with E-state index in [0.29, 0.717) is 12.8 Å². The molecule has 0 aromatic heterocycles. The molecule has 0 fully saturated rings. The van der Waals surface area contributed by atoms with Crippen LogP contribution in [0.2, 0.25) is 0 Å². The number of likely N-dealkylation sites (N-methyl/N-ethyl adjacent to an activating group) is 1. The Kier molecular flexibility index (Phi) is 6.51. The summed E-state index contributed by atoms with van der Waals surface area (Å²) in [5.41, 5.74) is 0.604. The van der Waals surface area contributed by atoms with Gasteiger partial charge in [-0.25, -0.2) is 0 Å². The molecule has 1 unspecified atom stereocenters. The fourth-order valence-corrected chi connectivity index (χ4v) is 2.74. The van der Waals surface area contributed by atoms with Crippen molar-refractivity contribution in [3.05, 3.63) is 23.8 Å². The van der Waals surface area contributed by atoms with Crippen molar-refractivity contribution in [3.8, 4) is 11.5 Å². The Morgan fingerprint density at radius 3 is 2.58 bits per heavy atom. The van der Waals surface area contributed by atoms with Crippen molar-refractivity contribution in [3.63, 3.8) is 0 Å². The molecular formula is C20H29NO5. The van der Waals surface area contributed by atoms with Crippen molar-refractivity contribution in [1.82, 2.24) is 4.90 Å². The minimum Gasteiger partial charge on any atom is -0.460 e. The van der Waals surface area contributed by atoms with Gasteiger partial charge in [-0.3, -0.25) is 9.59 Å². The lowest BCUT2D eigenvalue weighted by Gasteiger charge is -2.25. The molecule has 2 rings (SSSR count). The van der Waals surface area contributed by atoms with Crippen LogP contribution in [-0.4, -0.2) is 42.3 Å². The number of rotatable bonds is 7. The number of hydrogen-bond donors (Lipinski definition) is 0. The molecular weight excluding hydrogens is 334 g/mol. The quantitative estimate of drug-likeness (QED) is 0.696. The molecule has 0 N–H and O–H groups in total.